The van der Waals surface area contributed by atoms with Crippen LogP contribution in [0.5, 0.6) is 0 Å². The Kier molecular flexibility index (Phi) is 5.79. The predicted octanol–water partition coefficient (Wildman–Crippen LogP) is 4.40. The number of nitrogens with zero attached hydrogens (tertiary/aromatic N) is 3. The average molecular weight is 374 g/mol. The molecule has 1 N–H and O–H groups in total. The molecule has 1 heterocycles. The van der Waals surface area contributed by atoms with Crippen molar-refractivity contribution in [3.05, 3.63) is 77.7 Å². The molecule has 0 saturated heterocycles. The number of hydrogen-bond donors (Lipinski definition) is 1. The van der Waals surface area contributed by atoms with Gasteiger partial charge in [-0.25, -0.2) is 9.97 Å². The third-order valence-electron chi connectivity index (χ3n) is 4.30. The van der Waals surface area contributed by atoms with Crippen LogP contribution >= 0.6 is 0 Å². The number of nitrogens with one attached hydrogen (secondary N) is 1. The molecule has 3 aromatic rings. The minimum Gasteiger partial charge on any atom is -0.325 e. The monoisotopic (exact) mass is 374 g/mol. The number of carbonyl (C=O) groups excluding carboxylic acids is 2. The quantitative estimate of drug-likeness (QED) is 0.647. The number of anilines is 3. The summed E-state index contributed by atoms with van der Waals surface area (Å²) >= 11 is 0. The molecule has 2 aromatic carbocycles. The Labute approximate surface area is 164 Å². The van der Waals surface area contributed by atoms with E-state index in [0.717, 1.165) is 17.8 Å². The van der Waals surface area contributed by atoms with Crippen molar-refractivity contribution in [2.75, 3.05) is 16.8 Å². The second-order valence-corrected chi connectivity index (χ2v) is 6.43. The Morgan fingerprint density at radius 1 is 1.04 bits per heavy atom. The van der Waals surface area contributed by atoms with Crippen LogP contribution in [0.1, 0.15) is 40.3 Å². The first-order valence-electron chi connectivity index (χ1n) is 9.06. The number of ketones is 1. The molecule has 0 unspecified atom stereocenters. The van der Waals surface area contributed by atoms with Crippen LogP contribution in [-0.4, -0.2) is 28.2 Å². The van der Waals surface area contributed by atoms with Crippen molar-refractivity contribution in [1.82, 2.24) is 9.97 Å². The second kappa shape index (κ2) is 8.43. The Hall–Kier alpha value is -3.54. The van der Waals surface area contributed by atoms with Crippen molar-refractivity contribution in [3.63, 3.8) is 0 Å². The lowest BCUT2D eigenvalue weighted by molar-refractivity contribution is 0.100. The van der Waals surface area contributed by atoms with Gasteiger partial charge in [0.05, 0.1) is 12.4 Å². The summed E-state index contributed by atoms with van der Waals surface area (Å²) in [7, 11) is 0. The molecule has 0 saturated carbocycles. The predicted molar refractivity (Wildman–Crippen MR) is 110 cm³/mol. The molecule has 1 aromatic heterocycles. The number of benzene rings is 2. The maximum Gasteiger partial charge on any atom is 0.275 e. The van der Waals surface area contributed by atoms with Gasteiger partial charge >= 0.3 is 0 Å². The van der Waals surface area contributed by atoms with Gasteiger partial charge in [0.2, 0.25) is 0 Å². The van der Waals surface area contributed by atoms with E-state index in [1.165, 1.54) is 13.1 Å². The molecule has 0 atom stereocenters. The molecule has 6 heteroatoms. The lowest BCUT2D eigenvalue weighted by atomic mass is 10.1. The van der Waals surface area contributed by atoms with Crippen LogP contribution in [-0.2, 0) is 0 Å². The number of aromatic nitrogens is 2. The molecule has 0 spiro atoms. The normalized spacial score (nSPS) is 10.4. The summed E-state index contributed by atoms with van der Waals surface area (Å²) in [5.74, 6) is 0.234. The van der Waals surface area contributed by atoms with Crippen LogP contribution in [0.15, 0.2) is 60.9 Å². The molecule has 1 amide bonds. The van der Waals surface area contributed by atoms with Crippen LogP contribution < -0.4 is 10.2 Å². The molecule has 0 bridgehead atoms. The Morgan fingerprint density at radius 3 is 2.46 bits per heavy atom. The standard InChI is InChI=1S/C22H22N4O2/c1-4-26(19-10-5-7-15(2)11-19)21-14-23-20(13-24-21)22(28)25-18-9-6-8-17(12-18)16(3)27/h5-14H,4H2,1-3H3,(H,25,28). The van der Waals surface area contributed by atoms with Gasteiger partial charge < -0.3 is 10.2 Å². The van der Waals surface area contributed by atoms with Gasteiger partial charge in [-0.15, -0.1) is 0 Å². The van der Waals surface area contributed by atoms with Crippen LogP contribution in [0.2, 0.25) is 0 Å². The molecule has 0 fully saturated rings. The van der Waals surface area contributed by atoms with Crippen LogP contribution in [0.25, 0.3) is 0 Å². The van der Waals surface area contributed by atoms with Gasteiger partial charge in [-0.1, -0.05) is 24.3 Å². The number of carbonyl (C=O) groups is 2. The zero-order chi connectivity index (χ0) is 20.1. The summed E-state index contributed by atoms with van der Waals surface area (Å²) in [6.07, 6.45) is 3.05. The fraction of sp³-hybridized carbons (Fsp3) is 0.182. The van der Waals surface area contributed by atoms with Crippen molar-refractivity contribution in [2.45, 2.75) is 20.8 Å². The highest BCUT2D eigenvalue weighted by molar-refractivity contribution is 6.03. The summed E-state index contributed by atoms with van der Waals surface area (Å²) < 4.78 is 0. The molecule has 142 valence electrons. The topological polar surface area (TPSA) is 75.2 Å². The van der Waals surface area contributed by atoms with E-state index in [4.69, 9.17) is 0 Å². The smallest absolute Gasteiger partial charge is 0.275 e. The molecule has 28 heavy (non-hydrogen) atoms. The SMILES string of the molecule is CCN(c1cccc(C)c1)c1cnc(C(=O)Nc2cccc(C(C)=O)c2)cn1. The van der Waals surface area contributed by atoms with Gasteiger partial charge in [0, 0.05) is 23.5 Å². The van der Waals surface area contributed by atoms with Crippen molar-refractivity contribution in [2.24, 2.45) is 0 Å². The minimum absolute atomic E-state index is 0.0592. The Bertz CT molecular complexity index is 999. The average Bonchev–Trinajstić information content (AvgIpc) is 2.69. The second-order valence-electron chi connectivity index (χ2n) is 6.43. The fourth-order valence-corrected chi connectivity index (χ4v) is 2.86. The van der Waals surface area contributed by atoms with Crippen LogP contribution in [0.3, 0.4) is 0 Å². The summed E-state index contributed by atoms with van der Waals surface area (Å²) in [5, 5.41) is 2.75. The third-order valence-corrected chi connectivity index (χ3v) is 4.30. The number of amides is 1. The Balaban J connectivity index is 1.77. The largest absolute Gasteiger partial charge is 0.325 e. The molecular weight excluding hydrogens is 352 g/mol. The van der Waals surface area contributed by atoms with E-state index in [9.17, 15) is 9.59 Å². The summed E-state index contributed by atoms with van der Waals surface area (Å²) in [5.41, 5.74) is 3.47. The van der Waals surface area contributed by atoms with Crippen molar-refractivity contribution < 1.29 is 9.59 Å². The first-order valence-corrected chi connectivity index (χ1v) is 9.06. The molecule has 0 aliphatic heterocycles. The molecule has 0 aliphatic rings. The third kappa shape index (κ3) is 4.40. The van der Waals surface area contributed by atoms with Gasteiger partial charge in [-0.05, 0) is 50.6 Å². The van der Waals surface area contributed by atoms with Gasteiger partial charge in [0.15, 0.2) is 11.6 Å². The molecule has 3 rings (SSSR count). The van der Waals surface area contributed by atoms with Gasteiger partial charge in [0.25, 0.3) is 5.91 Å². The summed E-state index contributed by atoms with van der Waals surface area (Å²) in [6, 6.07) is 14.9. The summed E-state index contributed by atoms with van der Waals surface area (Å²) in [6.45, 7) is 6.28. The van der Waals surface area contributed by atoms with Crippen molar-refractivity contribution >= 4 is 28.9 Å². The van der Waals surface area contributed by atoms with Gasteiger partial charge in [-0.2, -0.15) is 0 Å². The lowest BCUT2D eigenvalue weighted by Crippen LogP contribution is -2.19. The first kappa shape index (κ1) is 19.2. The maximum absolute atomic E-state index is 12.4. The molecular formula is C22H22N4O2. The molecule has 6 nitrogen and oxygen atoms in total. The first-order chi connectivity index (χ1) is 13.5. The highest BCUT2D eigenvalue weighted by atomic mass is 16.2. The number of rotatable bonds is 6. The zero-order valence-electron chi connectivity index (χ0n) is 16.1. The number of aryl methyl sites for hydroxylation is 1. The lowest BCUT2D eigenvalue weighted by Gasteiger charge is -2.22. The number of hydrogen-bond acceptors (Lipinski definition) is 5. The van der Waals surface area contributed by atoms with Gasteiger partial charge in [0.1, 0.15) is 5.69 Å². The van der Waals surface area contributed by atoms with E-state index >= 15 is 0 Å². The minimum atomic E-state index is -0.377. The van der Waals surface area contributed by atoms with E-state index in [1.807, 2.05) is 36.9 Å². The maximum atomic E-state index is 12.4. The highest BCUT2D eigenvalue weighted by Gasteiger charge is 2.13. The Morgan fingerprint density at radius 2 is 1.82 bits per heavy atom. The number of Topliss-reactive ketones (excluding diaryl/α,β-unsaturated/α-hetero) is 1. The highest BCUT2D eigenvalue weighted by Crippen LogP contribution is 2.23. The fourth-order valence-electron chi connectivity index (χ4n) is 2.86. The van der Waals surface area contributed by atoms with Crippen LogP contribution in [0, 0.1) is 6.92 Å². The zero-order valence-corrected chi connectivity index (χ0v) is 16.1. The van der Waals surface area contributed by atoms with Gasteiger partial charge in [-0.3, -0.25) is 9.59 Å². The van der Waals surface area contributed by atoms with E-state index in [1.54, 1.807) is 30.5 Å². The molecule has 0 radical (unpaired) electrons. The van der Waals surface area contributed by atoms with E-state index in [-0.39, 0.29) is 17.4 Å². The van der Waals surface area contributed by atoms with E-state index in [0.29, 0.717) is 17.1 Å². The van der Waals surface area contributed by atoms with E-state index in [2.05, 4.69) is 21.4 Å². The van der Waals surface area contributed by atoms with E-state index < -0.39 is 0 Å². The van der Waals surface area contributed by atoms with Crippen LogP contribution in [0.4, 0.5) is 17.2 Å². The molecule has 0 aliphatic carbocycles. The van der Waals surface area contributed by atoms with Crippen molar-refractivity contribution in [3.8, 4) is 0 Å². The summed E-state index contributed by atoms with van der Waals surface area (Å²) in [4.78, 5) is 34.6. The van der Waals surface area contributed by atoms with Crippen molar-refractivity contribution in [1.29, 1.82) is 0 Å².